The van der Waals surface area contributed by atoms with Gasteiger partial charge in [0.25, 0.3) is 0 Å². The predicted molar refractivity (Wildman–Crippen MR) is 90.8 cm³/mol. The van der Waals surface area contributed by atoms with E-state index in [1.54, 1.807) is 11.3 Å². The molecule has 1 aliphatic heterocycles. The van der Waals surface area contributed by atoms with Crippen molar-refractivity contribution < 1.29 is 0 Å². The molecular weight excluding hydrogens is 300 g/mol. The Balaban J connectivity index is 1.73. The van der Waals surface area contributed by atoms with E-state index in [0.29, 0.717) is 5.88 Å². The minimum Gasteiger partial charge on any atom is -0.299 e. The zero-order valence-electron chi connectivity index (χ0n) is 12.4. The summed E-state index contributed by atoms with van der Waals surface area (Å²) in [5, 5.41) is 3.11. The number of aromatic nitrogens is 1. The highest BCUT2D eigenvalue weighted by atomic mass is 35.5. The molecule has 2 heterocycles. The van der Waals surface area contributed by atoms with Crippen LogP contribution in [-0.2, 0) is 12.4 Å². The lowest BCUT2D eigenvalue weighted by Crippen LogP contribution is -2.33. The molecule has 0 N–H and O–H groups in total. The van der Waals surface area contributed by atoms with Crippen LogP contribution in [0.5, 0.6) is 0 Å². The highest BCUT2D eigenvalue weighted by Crippen LogP contribution is 2.26. The van der Waals surface area contributed by atoms with E-state index in [1.807, 2.05) is 5.38 Å². The number of hydrogen-bond acceptors (Lipinski definition) is 3. The van der Waals surface area contributed by atoms with Crippen LogP contribution in [0.25, 0.3) is 10.6 Å². The molecule has 0 bridgehead atoms. The van der Waals surface area contributed by atoms with Crippen LogP contribution in [0.1, 0.15) is 31.0 Å². The summed E-state index contributed by atoms with van der Waals surface area (Å²) >= 11 is 7.51. The van der Waals surface area contributed by atoms with Gasteiger partial charge in [-0.05, 0) is 36.9 Å². The molecule has 0 amide bonds. The first-order chi connectivity index (χ1) is 10.2. The number of nitrogens with zero attached hydrogens (tertiary/aromatic N) is 2. The van der Waals surface area contributed by atoms with Gasteiger partial charge in [-0.25, -0.2) is 4.98 Å². The smallest absolute Gasteiger partial charge is 0.123 e. The van der Waals surface area contributed by atoms with Gasteiger partial charge in [-0.15, -0.1) is 22.9 Å². The van der Waals surface area contributed by atoms with Gasteiger partial charge in [0.05, 0.1) is 11.6 Å². The lowest BCUT2D eigenvalue weighted by atomic mass is 9.99. The third-order valence-corrected chi connectivity index (χ3v) is 5.22. The lowest BCUT2D eigenvalue weighted by molar-refractivity contribution is 0.176. The third kappa shape index (κ3) is 3.85. The van der Waals surface area contributed by atoms with Gasteiger partial charge in [0.2, 0.25) is 0 Å². The largest absolute Gasteiger partial charge is 0.299 e. The summed E-state index contributed by atoms with van der Waals surface area (Å²) in [5.74, 6) is 1.31. The summed E-state index contributed by atoms with van der Waals surface area (Å²) in [7, 11) is 0. The molecule has 21 heavy (non-hydrogen) atoms. The molecule has 2 nitrogen and oxygen atoms in total. The SMILES string of the molecule is CC1CCCN(Cc2cccc(-c3nc(CCl)cs3)c2)C1. The minimum atomic E-state index is 0.488. The number of benzene rings is 1. The quantitative estimate of drug-likeness (QED) is 0.754. The van der Waals surface area contributed by atoms with Crippen LogP contribution >= 0.6 is 22.9 Å². The molecule has 1 aromatic heterocycles. The molecule has 0 saturated carbocycles. The first-order valence-electron chi connectivity index (χ1n) is 7.56. The van der Waals surface area contributed by atoms with Crippen molar-refractivity contribution in [1.29, 1.82) is 0 Å². The highest BCUT2D eigenvalue weighted by molar-refractivity contribution is 7.13. The molecule has 2 aromatic rings. The monoisotopic (exact) mass is 320 g/mol. The van der Waals surface area contributed by atoms with Gasteiger partial charge in [0.1, 0.15) is 5.01 Å². The van der Waals surface area contributed by atoms with Crippen molar-refractivity contribution in [2.75, 3.05) is 13.1 Å². The van der Waals surface area contributed by atoms with Gasteiger partial charge in [-0.3, -0.25) is 4.90 Å². The van der Waals surface area contributed by atoms with Gasteiger partial charge in [0.15, 0.2) is 0 Å². The second-order valence-electron chi connectivity index (χ2n) is 5.96. The Bertz CT molecular complexity index is 596. The van der Waals surface area contributed by atoms with Crippen LogP contribution < -0.4 is 0 Å². The molecule has 0 aliphatic carbocycles. The fraction of sp³-hybridized carbons (Fsp3) is 0.471. The Hall–Kier alpha value is -0.900. The number of hydrogen-bond donors (Lipinski definition) is 0. The van der Waals surface area contributed by atoms with Gasteiger partial charge >= 0.3 is 0 Å². The summed E-state index contributed by atoms with van der Waals surface area (Å²) in [6.45, 7) is 5.85. The van der Waals surface area contributed by atoms with Gasteiger partial charge in [0, 0.05) is 24.0 Å². The Labute approximate surface area is 135 Å². The van der Waals surface area contributed by atoms with Crippen LogP contribution in [0.2, 0.25) is 0 Å². The Morgan fingerprint density at radius 3 is 3.10 bits per heavy atom. The van der Waals surface area contributed by atoms with E-state index >= 15 is 0 Å². The first-order valence-corrected chi connectivity index (χ1v) is 8.98. The number of rotatable bonds is 4. The van der Waals surface area contributed by atoms with Crippen molar-refractivity contribution in [3.63, 3.8) is 0 Å². The number of piperidine rings is 1. The molecule has 1 atom stereocenters. The van der Waals surface area contributed by atoms with E-state index in [-0.39, 0.29) is 0 Å². The third-order valence-electron chi connectivity index (χ3n) is 4.01. The topological polar surface area (TPSA) is 16.1 Å². The molecule has 1 fully saturated rings. The highest BCUT2D eigenvalue weighted by Gasteiger charge is 2.16. The Morgan fingerprint density at radius 2 is 2.33 bits per heavy atom. The minimum absolute atomic E-state index is 0.488. The number of likely N-dealkylation sites (tertiary alicyclic amines) is 1. The second kappa shape index (κ2) is 6.91. The van der Waals surface area contributed by atoms with E-state index in [4.69, 9.17) is 11.6 Å². The van der Waals surface area contributed by atoms with Crippen LogP contribution in [0.4, 0.5) is 0 Å². The molecular formula is C17H21ClN2S. The van der Waals surface area contributed by atoms with Crippen molar-refractivity contribution in [2.24, 2.45) is 5.92 Å². The molecule has 1 unspecified atom stereocenters. The van der Waals surface area contributed by atoms with Crippen molar-refractivity contribution in [1.82, 2.24) is 9.88 Å². The maximum Gasteiger partial charge on any atom is 0.123 e. The Kier molecular flexibility index (Phi) is 4.94. The fourth-order valence-corrected chi connectivity index (χ4v) is 4.04. The zero-order chi connectivity index (χ0) is 14.7. The van der Waals surface area contributed by atoms with Crippen LogP contribution in [0.3, 0.4) is 0 Å². The summed E-state index contributed by atoms with van der Waals surface area (Å²) in [6.07, 6.45) is 2.70. The van der Waals surface area contributed by atoms with E-state index in [2.05, 4.69) is 41.1 Å². The number of alkyl halides is 1. The average molecular weight is 321 g/mol. The van der Waals surface area contributed by atoms with Crippen LogP contribution in [0, 0.1) is 5.92 Å². The molecule has 4 heteroatoms. The molecule has 0 spiro atoms. The fourth-order valence-electron chi connectivity index (χ4n) is 2.99. The standard InChI is InChI=1S/C17H21ClN2S/c1-13-4-3-7-20(10-13)11-14-5-2-6-15(8-14)17-19-16(9-18)12-21-17/h2,5-6,8,12-13H,3-4,7,9-11H2,1H3. The normalized spacial score (nSPS) is 19.8. The molecule has 1 aromatic carbocycles. The van der Waals surface area contributed by atoms with Gasteiger partial charge < -0.3 is 0 Å². The first kappa shape index (κ1) is 15.0. The molecule has 112 valence electrons. The zero-order valence-corrected chi connectivity index (χ0v) is 14.0. The maximum atomic E-state index is 5.84. The summed E-state index contributed by atoms with van der Waals surface area (Å²) in [6, 6.07) is 8.77. The summed E-state index contributed by atoms with van der Waals surface area (Å²) < 4.78 is 0. The van der Waals surface area contributed by atoms with E-state index < -0.39 is 0 Å². The van der Waals surface area contributed by atoms with Gasteiger partial charge in [-0.2, -0.15) is 0 Å². The Morgan fingerprint density at radius 1 is 1.43 bits per heavy atom. The molecule has 3 rings (SSSR count). The van der Waals surface area contributed by atoms with Crippen LogP contribution in [0.15, 0.2) is 29.6 Å². The van der Waals surface area contributed by atoms with Crippen molar-refractivity contribution in [3.05, 3.63) is 40.9 Å². The number of thiazole rings is 1. The molecule has 0 radical (unpaired) electrons. The summed E-state index contributed by atoms with van der Waals surface area (Å²) in [4.78, 5) is 7.14. The van der Waals surface area contributed by atoms with Crippen molar-refractivity contribution >= 4 is 22.9 Å². The van der Waals surface area contributed by atoms with Gasteiger partial charge in [-0.1, -0.05) is 25.1 Å². The lowest BCUT2D eigenvalue weighted by Gasteiger charge is -2.30. The molecule has 1 saturated heterocycles. The number of halogens is 1. The molecule has 1 aliphatic rings. The van der Waals surface area contributed by atoms with E-state index in [1.165, 1.54) is 37.1 Å². The van der Waals surface area contributed by atoms with E-state index in [9.17, 15) is 0 Å². The van der Waals surface area contributed by atoms with Crippen molar-refractivity contribution in [2.45, 2.75) is 32.2 Å². The van der Waals surface area contributed by atoms with Crippen LogP contribution in [-0.4, -0.2) is 23.0 Å². The maximum absolute atomic E-state index is 5.84. The van der Waals surface area contributed by atoms with Crippen molar-refractivity contribution in [3.8, 4) is 10.6 Å². The second-order valence-corrected chi connectivity index (χ2v) is 7.09. The summed E-state index contributed by atoms with van der Waals surface area (Å²) in [5.41, 5.74) is 3.55. The average Bonchev–Trinajstić information content (AvgIpc) is 2.96. The van der Waals surface area contributed by atoms with E-state index in [0.717, 1.165) is 23.2 Å². The predicted octanol–water partition coefficient (Wildman–Crippen LogP) is 4.78.